The molecule has 1 N–H and O–H groups in total. The van der Waals surface area contributed by atoms with Gasteiger partial charge in [0.25, 0.3) is 10.0 Å². The molecular weight excluding hydrogens is 593 g/mol. The minimum absolute atomic E-state index is 0.0125. The van der Waals surface area contributed by atoms with E-state index in [1.807, 2.05) is 13.8 Å². The molecule has 1 atom stereocenters. The first-order chi connectivity index (χ1) is 20.1. The van der Waals surface area contributed by atoms with Gasteiger partial charge in [-0.3, -0.25) is 13.9 Å². The first kappa shape index (κ1) is 31.9. The standard InChI is InChI=1S/C32H37Cl2N3O4S/c1-3-30(32(39)35-26-10-6-4-7-11-26)36(21-24-16-17-25(33)20-29(24)34)31(38)22-37(27-12-8-5-9-13-27)42(40,41)28-18-14-23(2)15-19-28/h5,8-9,12-20,26,30H,3-4,6-7,10-11,21-22H2,1-2H3,(H,35,39)/t30-/m1/s1. The highest BCUT2D eigenvalue weighted by molar-refractivity contribution is 7.92. The second-order valence-corrected chi connectivity index (χ2v) is 13.4. The van der Waals surface area contributed by atoms with E-state index in [2.05, 4.69) is 5.32 Å². The third-order valence-corrected chi connectivity index (χ3v) is 10.0. The zero-order valence-corrected chi connectivity index (χ0v) is 26.3. The van der Waals surface area contributed by atoms with Gasteiger partial charge in [0.1, 0.15) is 12.6 Å². The molecule has 3 aromatic rings. The van der Waals surface area contributed by atoms with E-state index in [1.54, 1.807) is 60.7 Å². The van der Waals surface area contributed by atoms with Crippen molar-refractivity contribution in [3.63, 3.8) is 0 Å². The second-order valence-electron chi connectivity index (χ2n) is 10.7. The molecule has 0 aromatic heterocycles. The molecule has 42 heavy (non-hydrogen) atoms. The number of carbonyl (C=O) groups is 2. The Balaban J connectivity index is 1.70. The fourth-order valence-electron chi connectivity index (χ4n) is 5.26. The number of amides is 2. The van der Waals surface area contributed by atoms with Gasteiger partial charge >= 0.3 is 0 Å². The molecule has 0 saturated heterocycles. The van der Waals surface area contributed by atoms with Gasteiger partial charge in [-0.1, -0.05) is 91.3 Å². The molecule has 1 aliphatic carbocycles. The Labute approximate surface area is 258 Å². The van der Waals surface area contributed by atoms with E-state index in [9.17, 15) is 18.0 Å². The first-order valence-electron chi connectivity index (χ1n) is 14.3. The molecule has 3 aromatic carbocycles. The van der Waals surface area contributed by atoms with Gasteiger partial charge in [-0.05, 0) is 68.1 Å². The summed E-state index contributed by atoms with van der Waals surface area (Å²) >= 11 is 12.6. The molecule has 10 heteroatoms. The van der Waals surface area contributed by atoms with Crippen molar-refractivity contribution in [1.29, 1.82) is 0 Å². The smallest absolute Gasteiger partial charge is 0.264 e. The number of anilines is 1. The second kappa shape index (κ2) is 14.4. The lowest BCUT2D eigenvalue weighted by Gasteiger charge is -2.34. The summed E-state index contributed by atoms with van der Waals surface area (Å²) in [4.78, 5) is 29.3. The van der Waals surface area contributed by atoms with Gasteiger partial charge < -0.3 is 10.2 Å². The van der Waals surface area contributed by atoms with Gasteiger partial charge in [-0.25, -0.2) is 8.42 Å². The summed E-state index contributed by atoms with van der Waals surface area (Å²) in [5, 5.41) is 3.95. The van der Waals surface area contributed by atoms with Crippen LogP contribution in [0.25, 0.3) is 0 Å². The average Bonchev–Trinajstić information content (AvgIpc) is 2.98. The van der Waals surface area contributed by atoms with E-state index in [4.69, 9.17) is 23.2 Å². The Morgan fingerprint density at radius 2 is 1.62 bits per heavy atom. The molecular formula is C32H37Cl2N3O4S. The van der Waals surface area contributed by atoms with Crippen LogP contribution in [0, 0.1) is 6.92 Å². The lowest BCUT2D eigenvalue weighted by atomic mass is 9.95. The van der Waals surface area contributed by atoms with Crippen LogP contribution in [0.2, 0.25) is 10.0 Å². The molecule has 0 unspecified atom stereocenters. The summed E-state index contributed by atoms with van der Waals surface area (Å²) in [6.45, 7) is 3.22. The number of nitrogens with zero attached hydrogens (tertiary/aromatic N) is 2. The monoisotopic (exact) mass is 629 g/mol. The molecule has 0 radical (unpaired) electrons. The Kier molecular flexibility index (Phi) is 10.9. The number of hydrogen-bond donors (Lipinski definition) is 1. The predicted octanol–water partition coefficient (Wildman–Crippen LogP) is 6.75. The van der Waals surface area contributed by atoms with Gasteiger partial charge in [-0.2, -0.15) is 0 Å². The van der Waals surface area contributed by atoms with Crippen molar-refractivity contribution < 1.29 is 18.0 Å². The summed E-state index contributed by atoms with van der Waals surface area (Å²) in [5.41, 5.74) is 1.86. The zero-order chi connectivity index (χ0) is 30.3. The van der Waals surface area contributed by atoms with Crippen LogP contribution < -0.4 is 9.62 Å². The normalized spacial score (nSPS) is 14.7. The zero-order valence-electron chi connectivity index (χ0n) is 23.9. The van der Waals surface area contributed by atoms with Crippen LogP contribution >= 0.6 is 23.2 Å². The van der Waals surface area contributed by atoms with Crippen LogP contribution in [0.5, 0.6) is 0 Å². The highest BCUT2D eigenvalue weighted by Crippen LogP contribution is 2.27. The molecule has 224 valence electrons. The molecule has 1 saturated carbocycles. The minimum Gasteiger partial charge on any atom is -0.352 e. The fraction of sp³-hybridized carbons (Fsp3) is 0.375. The van der Waals surface area contributed by atoms with Crippen LogP contribution in [0.3, 0.4) is 0 Å². The minimum atomic E-state index is -4.12. The van der Waals surface area contributed by atoms with E-state index in [0.29, 0.717) is 27.7 Å². The highest BCUT2D eigenvalue weighted by atomic mass is 35.5. The predicted molar refractivity (Wildman–Crippen MR) is 168 cm³/mol. The number of nitrogens with one attached hydrogen (secondary N) is 1. The average molecular weight is 631 g/mol. The van der Waals surface area contributed by atoms with E-state index in [1.165, 1.54) is 17.0 Å². The van der Waals surface area contributed by atoms with Gasteiger partial charge in [0.05, 0.1) is 10.6 Å². The van der Waals surface area contributed by atoms with E-state index >= 15 is 0 Å². The molecule has 1 fully saturated rings. The van der Waals surface area contributed by atoms with Crippen molar-refractivity contribution in [2.75, 3.05) is 10.8 Å². The Morgan fingerprint density at radius 1 is 0.952 bits per heavy atom. The number of hydrogen-bond acceptors (Lipinski definition) is 4. The van der Waals surface area contributed by atoms with Crippen LogP contribution in [-0.4, -0.2) is 43.8 Å². The number of benzene rings is 3. The SMILES string of the molecule is CC[C@H](C(=O)NC1CCCCC1)N(Cc1ccc(Cl)cc1Cl)C(=O)CN(c1ccccc1)S(=O)(=O)c1ccc(C)cc1. The third-order valence-electron chi connectivity index (χ3n) is 7.63. The topological polar surface area (TPSA) is 86.8 Å². The Morgan fingerprint density at radius 3 is 2.24 bits per heavy atom. The van der Waals surface area contributed by atoms with E-state index in [0.717, 1.165) is 42.0 Å². The van der Waals surface area contributed by atoms with Gasteiger partial charge in [0.15, 0.2) is 0 Å². The van der Waals surface area contributed by atoms with Crippen LogP contribution in [0.4, 0.5) is 5.69 Å². The number of sulfonamides is 1. The molecule has 0 bridgehead atoms. The van der Waals surface area contributed by atoms with Crippen LogP contribution in [0.15, 0.2) is 77.7 Å². The van der Waals surface area contributed by atoms with E-state index < -0.39 is 28.5 Å². The largest absolute Gasteiger partial charge is 0.352 e. The molecule has 4 rings (SSSR count). The van der Waals surface area contributed by atoms with Crippen molar-refractivity contribution in [2.24, 2.45) is 0 Å². The van der Waals surface area contributed by atoms with Crippen LogP contribution in [-0.2, 0) is 26.2 Å². The highest BCUT2D eigenvalue weighted by Gasteiger charge is 2.34. The molecule has 0 spiro atoms. The van der Waals surface area contributed by atoms with Gasteiger partial charge in [0, 0.05) is 22.6 Å². The summed E-state index contributed by atoms with van der Waals surface area (Å²) in [5.74, 6) is -0.776. The lowest BCUT2D eigenvalue weighted by molar-refractivity contribution is -0.140. The van der Waals surface area contributed by atoms with Crippen molar-refractivity contribution in [3.05, 3.63) is 94.0 Å². The first-order valence-corrected chi connectivity index (χ1v) is 16.5. The summed E-state index contributed by atoms with van der Waals surface area (Å²) in [6, 6.07) is 19.2. The maximum Gasteiger partial charge on any atom is 0.264 e. The Bertz CT molecular complexity index is 1480. The fourth-order valence-corrected chi connectivity index (χ4v) is 7.14. The molecule has 0 aliphatic heterocycles. The van der Waals surface area contributed by atoms with Gasteiger partial charge in [-0.15, -0.1) is 0 Å². The maximum absolute atomic E-state index is 14.2. The number of rotatable bonds is 11. The molecule has 2 amide bonds. The summed E-state index contributed by atoms with van der Waals surface area (Å²) < 4.78 is 29.0. The van der Waals surface area contributed by atoms with E-state index in [-0.39, 0.29) is 23.4 Å². The van der Waals surface area contributed by atoms with Gasteiger partial charge in [0.2, 0.25) is 11.8 Å². The quantitative estimate of drug-likeness (QED) is 0.254. The summed E-state index contributed by atoms with van der Waals surface area (Å²) in [6.07, 6.45) is 5.38. The summed E-state index contributed by atoms with van der Waals surface area (Å²) in [7, 11) is -4.12. The van der Waals surface area contributed by atoms with Crippen molar-refractivity contribution in [3.8, 4) is 0 Å². The van der Waals surface area contributed by atoms with Crippen molar-refractivity contribution in [1.82, 2.24) is 10.2 Å². The molecule has 1 aliphatic rings. The third kappa shape index (κ3) is 7.85. The number of para-hydroxylation sites is 1. The number of carbonyl (C=O) groups excluding carboxylic acids is 2. The number of aryl methyl sites for hydroxylation is 1. The molecule has 0 heterocycles. The molecule has 7 nitrogen and oxygen atoms in total. The van der Waals surface area contributed by atoms with Crippen molar-refractivity contribution >= 4 is 50.7 Å². The lowest BCUT2D eigenvalue weighted by Crippen LogP contribution is -2.54. The maximum atomic E-state index is 14.2. The van der Waals surface area contributed by atoms with Crippen molar-refractivity contribution in [2.45, 2.75) is 75.9 Å². The number of halogens is 2. The Hall–Kier alpha value is -3.07. The van der Waals surface area contributed by atoms with Crippen LogP contribution in [0.1, 0.15) is 56.6 Å².